The first-order valence-corrected chi connectivity index (χ1v) is 9.74. The van der Waals surface area contributed by atoms with Gasteiger partial charge in [0, 0.05) is 32.2 Å². The van der Waals surface area contributed by atoms with Crippen molar-refractivity contribution in [2.45, 2.75) is 19.4 Å². The van der Waals surface area contributed by atoms with Gasteiger partial charge in [0.15, 0.2) is 0 Å². The summed E-state index contributed by atoms with van der Waals surface area (Å²) in [6, 6.07) is 7.71. The van der Waals surface area contributed by atoms with Crippen molar-refractivity contribution < 1.29 is 17.9 Å². The Morgan fingerprint density at radius 3 is 2.46 bits per heavy atom. The SMILES string of the molecule is CCCNS(=O)(=O)NCC(c1ccc(OC)cc1)N1CCOCC1. The molecule has 2 rings (SSSR count). The van der Waals surface area contributed by atoms with Crippen molar-refractivity contribution in [1.82, 2.24) is 14.3 Å². The summed E-state index contributed by atoms with van der Waals surface area (Å²) in [5, 5.41) is 0. The molecule has 1 fully saturated rings. The van der Waals surface area contributed by atoms with Gasteiger partial charge in [-0.25, -0.2) is 9.44 Å². The molecule has 1 aliphatic heterocycles. The van der Waals surface area contributed by atoms with Crippen molar-refractivity contribution in [3.8, 4) is 5.75 Å². The van der Waals surface area contributed by atoms with Crippen LogP contribution in [0.1, 0.15) is 24.9 Å². The van der Waals surface area contributed by atoms with E-state index >= 15 is 0 Å². The lowest BCUT2D eigenvalue weighted by Gasteiger charge is -2.35. The number of methoxy groups -OCH3 is 1. The third kappa shape index (κ3) is 5.71. The molecule has 1 saturated heterocycles. The highest BCUT2D eigenvalue weighted by Gasteiger charge is 2.24. The first-order valence-electron chi connectivity index (χ1n) is 8.25. The first kappa shape index (κ1) is 19.1. The van der Waals surface area contributed by atoms with Gasteiger partial charge in [0.25, 0.3) is 10.2 Å². The third-order valence-corrected chi connectivity index (χ3v) is 5.13. The Morgan fingerprint density at radius 2 is 1.88 bits per heavy atom. The molecule has 1 atom stereocenters. The molecule has 0 spiro atoms. The molecule has 1 aromatic rings. The summed E-state index contributed by atoms with van der Waals surface area (Å²) >= 11 is 0. The van der Waals surface area contributed by atoms with Gasteiger partial charge in [0.1, 0.15) is 5.75 Å². The topological polar surface area (TPSA) is 79.9 Å². The lowest BCUT2D eigenvalue weighted by Crippen LogP contribution is -2.46. The first-order chi connectivity index (χ1) is 11.6. The molecule has 0 aromatic heterocycles. The van der Waals surface area contributed by atoms with Gasteiger partial charge in [-0.2, -0.15) is 8.42 Å². The molecule has 1 aliphatic rings. The van der Waals surface area contributed by atoms with Gasteiger partial charge in [-0.1, -0.05) is 19.1 Å². The summed E-state index contributed by atoms with van der Waals surface area (Å²) < 4.78 is 39.9. The van der Waals surface area contributed by atoms with E-state index in [1.807, 2.05) is 31.2 Å². The predicted molar refractivity (Wildman–Crippen MR) is 93.3 cm³/mol. The van der Waals surface area contributed by atoms with Crippen LogP contribution in [0.4, 0.5) is 0 Å². The summed E-state index contributed by atoms with van der Waals surface area (Å²) in [4.78, 5) is 2.24. The molecule has 0 aliphatic carbocycles. The van der Waals surface area contributed by atoms with Gasteiger partial charge in [-0.15, -0.1) is 0 Å². The van der Waals surface area contributed by atoms with Crippen LogP contribution in [0.15, 0.2) is 24.3 Å². The summed E-state index contributed by atoms with van der Waals surface area (Å²) in [5.41, 5.74) is 1.05. The van der Waals surface area contributed by atoms with Crippen molar-refractivity contribution in [2.75, 3.05) is 46.5 Å². The largest absolute Gasteiger partial charge is 0.497 e. The van der Waals surface area contributed by atoms with Crippen LogP contribution in [0, 0.1) is 0 Å². The second-order valence-electron chi connectivity index (χ2n) is 5.68. The van der Waals surface area contributed by atoms with Crippen LogP contribution in [0.25, 0.3) is 0 Å². The molecule has 0 saturated carbocycles. The number of nitrogens with zero attached hydrogens (tertiary/aromatic N) is 1. The highest BCUT2D eigenvalue weighted by Crippen LogP contribution is 2.23. The zero-order chi connectivity index (χ0) is 17.4. The van der Waals surface area contributed by atoms with E-state index in [0.29, 0.717) is 26.3 Å². The minimum atomic E-state index is -3.48. The Morgan fingerprint density at radius 1 is 1.21 bits per heavy atom. The summed E-state index contributed by atoms with van der Waals surface area (Å²) in [6.07, 6.45) is 0.756. The molecule has 136 valence electrons. The molecule has 2 N–H and O–H groups in total. The quantitative estimate of drug-likeness (QED) is 0.686. The lowest BCUT2D eigenvalue weighted by atomic mass is 10.0. The van der Waals surface area contributed by atoms with Crippen LogP contribution < -0.4 is 14.2 Å². The number of ether oxygens (including phenoxy) is 2. The van der Waals surface area contributed by atoms with Crippen molar-refractivity contribution in [1.29, 1.82) is 0 Å². The molecule has 8 heteroatoms. The molecule has 0 radical (unpaired) electrons. The van der Waals surface area contributed by atoms with Gasteiger partial charge < -0.3 is 9.47 Å². The van der Waals surface area contributed by atoms with Crippen LogP contribution >= 0.6 is 0 Å². The van der Waals surface area contributed by atoms with E-state index in [1.165, 1.54) is 0 Å². The Bertz CT molecular complexity index is 586. The van der Waals surface area contributed by atoms with Crippen molar-refractivity contribution in [3.63, 3.8) is 0 Å². The van der Waals surface area contributed by atoms with Crippen LogP contribution in [0.3, 0.4) is 0 Å². The van der Waals surface area contributed by atoms with Crippen LogP contribution in [-0.4, -0.2) is 59.8 Å². The number of morpholine rings is 1. The van der Waals surface area contributed by atoms with E-state index in [2.05, 4.69) is 14.3 Å². The number of nitrogens with one attached hydrogen (secondary N) is 2. The summed E-state index contributed by atoms with van der Waals surface area (Å²) in [6.45, 7) is 5.55. The maximum Gasteiger partial charge on any atom is 0.276 e. The normalized spacial score (nSPS) is 17.6. The molecule has 0 amide bonds. The smallest absolute Gasteiger partial charge is 0.276 e. The molecule has 1 unspecified atom stereocenters. The van der Waals surface area contributed by atoms with E-state index < -0.39 is 10.2 Å². The van der Waals surface area contributed by atoms with Gasteiger partial charge in [0.05, 0.1) is 20.3 Å². The molecule has 0 bridgehead atoms. The van der Waals surface area contributed by atoms with E-state index in [9.17, 15) is 8.42 Å². The van der Waals surface area contributed by atoms with E-state index in [4.69, 9.17) is 9.47 Å². The van der Waals surface area contributed by atoms with Crippen LogP contribution in [0.5, 0.6) is 5.75 Å². The summed E-state index contributed by atoms with van der Waals surface area (Å²) in [5.74, 6) is 0.782. The van der Waals surface area contributed by atoms with Gasteiger partial charge in [0.2, 0.25) is 0 Å². The van der Waals surface area contributed by atoms with Crippen LogP contribution in [0.2, 0.25) is 0 Å². The van der Waals surface area contributed by atoms with E-state index in [-0.39, 0.29) is 6.04 Å². The molecule has 1 heterocycles. The fraction of sp³-hybridized carbons (Fsp3) is 0.625. The standard InChI is InChI=1S/C16H27N3O4S/c1-3-8-17-24(20,21)18-13-16(19-9-11-23-12-10-19)14-4-6-15(22-2)7-5-14/h4-7,16-18H,3,8-13H2,1-2H3. The second kappa shape index (κ2) is 9.33. The molecular formula is C16H27N3O4S. The average Bonchev–Trinajstić information content (AvgIpc) is 2.61. The Kier molecular flexibility index (Phi) is 7.44. The van der Waals surface area contributed by atoms with Gasteiger partial charge in [-0.3, -0.25) is 4.90 Å². The number of hydrogen-bond acceptors (Lipinski definition) is 5. The number of rotatable bonds is 9. The van der Waals surface area contributed by atoms with E-state index in [1.54, 1.807) is 7.11 Å². The van der Waals surface area contributed by atoms with E-state index in [0.717, 1.165) is 30.8 Å². The molecular weight excluding hydrogens is 330 g/mol. The predicted octanol–water partition coefficient (Wildman–Crippen LogP) is 0.903. The zero-order valence-corrected chi connectivity index (χ0v) is 15.1. The monoisotopic (exact) mass is 357 g/mol. The zero-order valence-electron chi connectivity index (χ0n) is 14.3. The maximum absolute atomic E-state index is 12.0. The highest BCUT2D eigenvalue weighted by atomic mass is 32.2. The van der Waals surface area contributed by atoms with Crippen molar-refractivity contribution in [2.24, 2.45) is 0 Å². The summed E-state index contributed by atoms with van der Waals surface area (Å²) in [7, 11) is -1.85. The molecule has 24 heavy (non-hydrogen) atoms. The van der Waals surface area contributed by atoms with Gasteiger partial charge >= 0.3 is 0 Å². The highest BCUT2D eigenvalue weighted by molar-refractivity contribution is 7.87. The third-order valence-electron chi connectivity index (χ3n) is 4.00. The minimum absolute atomic E-state index is 0.0435. The number of hydrogen-bond donors (Lipinski definition) is 2. The number of benzene rings is 1. The fourth-order valence-corrected chi connectivity index (χ4v) is 3.60. The van der Waals surface area contributed by atoms with Crippen molar-refractivity contribution >= 4 is 10.2 Å². The second-order valence-corrected chi connectivity index (χ2v) is 7.27. The Balaban J connectivity index is 2.10. The van der Waals surface area contributed by atoms with Crippen molar-refractivity contribution in [3.05, 3.63) is 29.8 Å². The average molecular weight is 357 g/mol. The molecule has 7 nitrogen and oxygen atoms in total. The van der Waals surface area contributed by atoms with Crippen LogP contribution in [-0.2, 0) is 14.9 Å². The minimum Gasteiger partial charge on any atom is -0.497 e. The maximum atomic E-state index is 12.0. The Labute approximate surface area is 144 Å². The van der Waals surface area contributed by atoms with Gasteiger partial charge in [-0.05, 0) is 24.1 Å². The lowest BCUT2D eigenvalue weighted by molar-refractivity contribution is 0.0172. The fourth-order valence-electron chi connectivity index (χ4n) is 2.65. The molecule has 1 aromatic carbocycles. The Hall–Kier alpha value is -1.19.